The zero-order chi connectivity index (χ0) is 22.2. The number of aliphatic hydroxyl groups is 1. The lowest BCUT2D eigenvalue weighted by Gasteiger charge is -2.24. The molecular formula is C25H28N2O5. The second kappa shape index (κ2) is 8.41. The van der Waals surface area contributed by atoms with E-state index < -0.39 is 6.10 Å². The summed E-state index contributed by atoms with van der Waals surface area (Å²) in [5.74, 6) is 3.11. The van der Waals surface area contributed by atoms with Crippen LogP contribution in [0.25, 0.3) is 5.69 Å². The summed E-state index contributed by atoms with van der Waals surface area (Å²) in [6.07, 6.45) is -0.429. The lowest BCUT2D eigenvalue weighted by atomic mass is 10.1. The molecule has 3 aromatic rings. The van der Waals surface area contributed by atoms with Crippen LogP contribution in [-0.4, -0.2) is 40.8 Å². The number of aliphatic hydroxyl groups excluding tert-OH is 1. The molecule has 1 aromatic heterocycles. The van der Waals surface area contributed by atoms with Gasteiger partial charge in [-0.25, -0.2) is 0 Å². The van der Waals surface area contributed by atoms with Gasteiger partial charge in [0.15, 0.2) is 23.0 Å². The van der Waals surface area contributed by atoms with Crippen LogP contribution in [0.4, 0.5) is 0 Å². The molecule has 0 spiro atoms. The Hall–Kier alpha value is -3.16. The van der Waals surface area contributed by atoms with E-state index in [1.54, 1.807) is 0 Å². The monoisotopic (exact) mass is 436 g/mol. The van der Waals surface area contributed by atoms with Crippen molar-refractivity contribution >= 4 is 0 Å². The highest BCUT2D eigenvalue weighted by atomic mass is 16.7. The Morgan fingerprint density at radius 3 is 2.25 bits per heavy atom. The van der Waals surface area contributed by atoms with Crippen molar-refractivity contribution in [3.63, 3.8) is 0 Å². The van der Waals surface area contributed by atoms with E-state index in [1.807, 2.05) is 31.2 Å². The van der Waals surface area contributed by atoms with E-state index in [4.69, 9.17) is 18.9 Å². The number of hydrogen-bond donors (Lipinski definition) is 1. The van der Waals surface area contributed by atoms with Gasteiger partial charge in [0.05, 0.1) is 6.10 Å². The van der Waals surface area contributed by atoms with Crippen molar-refractivity contribution in [2.45, 2.75) is 40.0 Å². The molecule has 3 heterocycles. The molecule has 168 valence electrons. The van der Waals surface area contributed by atoms with Crippen molar-refractivity contribution in [3.05, 3.63) is 65.0 Å². The van der Waals surface area contributed by atoms with Crippen LogP contribution in [0.3, 0.4) is 0 Å². The van der Waals surface area contributed by atoms with Crippen LogP contribution in [0.5, 0.6) is 23.0 Å². The summed E-state index contributed by atoms with van der Waals surface area (Å²) < 4.78 is 24.2. The Bertz CT molecular complexity index is 1140. The van der Waals surface area contributed by atoms with Gasteiger partial charge in [0.2, 0.25) is 13.6 Å². The smallest absolute Gasteiger partial charge is 0.231 e. The van der Waals surface area contributed by atoms with Gasteiger partial charge in [-0.15, -0.1) is 0 Å². The van der Waals surface area contributed by atoms with Crippen LogP contribution in [0.2, 0.25) is 0 Å². The van der Waals surface area contributed by atoms with Crippen molar-refractivity contribution in [3.8, 4) is 28.7 Å². The lowest BCUT2D eigenvalue weighted by Crippen LogP contribution is -2.30. The molecule has 7 heteroatoms. The van der Waals surface area contributed by atoms with Gasteiger partial charge in [0, 0.05) is 42.8 Å². The molecule has 1 N–H and O–H groups in total. The van der Waals surface area contributed by atoms with Crippen molar-refractivity contribution < 1.29 is 24.1 Å². The molecule has 0 unspecified atom stereocenters. The Morgan fingerprint density at radius 1 is 0.875 bits per heavy atom. The maximum Gasteiger partial charge on any atom is 0.231 e. The number of aryl methyl sites for hydroxylation is 1. The summed E-state index contributed by atoms with van der Waals surface area (Å²) in [7, 11) is 0. The Morgan fingerprint density at radius 2 is 1.53 bits per heavy atom. The number of benzene rings is 2. The molecule has 2 aromatic carbocycles. The molecule has 0 amide bonds. The van der Waals surface area contributed by atoms with Gasteiger partial charge in [0.1, 0.15) is 0 Å². The summed E-state index contributed by atoms with van der Waals surface area (Å²) in [5, 5.41) is 10.1. The third kappa shape index (κ3) is 4.01. The number of ether oxygens (including phenoxy) is 4. The number of fused-ring (bicyclic) bond motifs is 2. The molecule has 0 fully saturated rings. The Kier molecular flexibility index (Phi) is 5.45. The Balaban J connectivity index is 1.40. The van der Waals surface area contributed by atoms with Crippen LogP contribution in [-0.2, 0) is 13.1 Å². The van der Waals surface area contributed by atoms with Crippen molar-refractivity contribution in [1.29, 1.82) is 0 Å². The summed E-state index contributed by atoms with van der Waals surface area (Å²) in [4.78, 5) is 2.26. The van der Waals surface area contributed by atoms with Gasteiger partial charge in [0.25, 0.3) is 0 Å². The minimum atomic E-state index is -0.429. The number of aromatic nitrogens is 1. The topological polar surface area (TPSA) is 65.3 Å². The molecule has 7 nitrogen and oxygen atoms in total. The molecule has 32 heavy (non-hydrogen) atoms. The SMILES string of the molecule is Cc1cc(CN(Cc2ccc3c(c2)OCO3)C[C@H](C)O)c(C)n1-c1ccc2c(c1)OCO2. The van der Waals surface area contributed by atoms with Gasteiger partial charge < -0.3 is 28.6 Å². The van der Waals surface area contributed by atoms with E-state index in [0.717, 1.165) is 46.5 Å². The number of nitrogens with zero attached hydrogens (tertiary/aromatic N) is 2. The fourth-order valence-electron chi connectivity index (χ4n) is 4.51. The van der Waals surface area contributed by atoms with Crippen LogP contribution in [0, 0.1) is 13.8 Å². The molecule has 2 aliphatic heterocycles. The molecule has 0 saturated carbocycles. The first-order chi connectivity index (χ1) is 15.5. The van der Waals surface area contributed by atoms with Gasteiger partial charge in [-0.2, -0.15) is 0 Å². The van der Waals surface area contributed by atoms with Crippen LogP contribution >= 0.6 is 0 Å². The molecule has 2 aliphatic rings. The highest BCUT2D eigenvalue weighted by Crippen LogP contribution is 2.35. The quantitative estimate of drug-likeness (QED) is 0.605. The average molecular weight is 437 g/mol. The van der Waals surface area contributed by atoms with E-state index in [1.165, 1.54) is 11.3 Å². The van der Waals surface area contributed by atoms with Crippen molar-refractivity contribution in [2.24, 2.45) is 0 Å². The van der Waals surface area contributed by atoms with Gasteiger partial charge in [-0.3, -0.25) is 4.90 Å². The highest BCUT2D eigenvalue weighted by Gasteiger charge is 2.20. The standard InChI is InChI=1S/C25H28N2O5/c1-16-8-20(18(3)27(16)21-5-7-23-25(10-21)32-15-30-23)13-26(11-17(2)28)12-19-4-6-22-24(9-19)31-14-29-22/h4-10,17,28H,11-15H2,1-3H3/t17-/m0/s1. The molecule has 0 radical (unpaired) electrons. The van der Waals surface area contributed by atoms with E-state index in [2.05, 4.69) is 41.5 Å². The van der Waals surface area contributed by atoms with Gasteiger partial charge in [-0.1, -0.05) is 6.07 Å². The van der Waals surface area contributed by atoms with Gasteiger partial charge in [-0.05, 0) is 62.2 Å². The van der Waals surface area contributed by atoms with Crippen molar-refractivity contribution in [1.82, 2.24) is 9.47 Å². The molecule has 1 atom stereocenters. The predicted molar refractivity (Wildman–Crippen MR) is 120 cm³/mol. The Labute approximate surface area is 187 Å². The second-order valence-electron chi connectivity index (χ2n) is 8.48. The lowest BCUT2D eigenvalue weighted by molar-refractivity contribution is 0.118. The summed E-state index contributed by atoms with van der Waals surface area (Å²) in [6.45, 7) is 8.60. The van der Waals surface area contributed by atoms with Crippen molar-refractivity contribution in [2.75, 3.05) is 20.1 Å². The summed E-state index contributed by atoms with van der Waals surface area (Å²) >= 11 is 0. The molecule has 0 saturated heterocycles. The fourth-order valence-corrected chi connectivity index (χ4v) is 4.51. The van der Waals surface area contributed by atoms with E-state index in [0.29, 0.717) is 13.1 Å². The normalized spacial score (nSPS) is 14.9. The first-order valence-electron chi connectivity index (χ1n) is 10.8. The summed E-state index contributed by atoms with van der Waals surface area (Å²) in [6, 6.07) is 14.3. The first-order valence-corrected chi connectivity index (χ1v) is 10.8. The minimum Gasteiger partial charge on any atom is -0.454 e. The molecule has 0 aliphatic carbocycles. The minimum absolute atomic E-state index is 0.266. The third-order valence-electron chi connectivity index (χ3n) is 5.91. The van der Waals surface area contributed by atoms with Crippen LogP contribution in [0.15, 0.2) is 42.5 Å². The number of hydrogen-bond acceptors (Lipinski definition) is 6. The highest BCUT2D eigenvalue weighted by molar-refractivity contribution is 5.52. The van der Waals surface area contributed by atoms with Crippen LogP contribution in [0.1, 0.15) is 29.4 Å². The van der Waals surface area contributed by atoms with E-state index in [9.17, 15) is 5.11 Å². The molecular weight excluding hydrogens is 408 g/mol. The number of rotatable bonds is 7. The maximum atomic E-state index is 10.1. The van der Waals surface area contributed by atoms with E-state index >= 15 is 0 Å². The van der Waals surface area contributed by atoms with Gasteiger partial charge >= 0.3 is 0 Å². The summed E-state index contributed by atoms with van der Waals surface area (Å²) in [5.41, 5.74) is 5.72. The first kappa shape index (κ1) is 20.7. The fraction of sp³-hybridized carbons (Fsp3) is 0.360. The second-order valence-corrected chi connectivity index (χ2v) is 8.48. The maximum absolute atomic E-state index is 10.1. The molecule has 0 bridgehead atoms. The predicted octanol–water partition coefficient (Wildman–Crippen LogP) is 3.93. The zero-order valence-electron chi connectivity index (χ0n) is 18.6. The largest absolute Gasteiger partial charge is 0.454 e. The molecule has 5 rings (SSSR count). The third-order valence-corrected chi connectivity index (χ3v) is 5.91. The van der Waals surface area contributed by atoms with E-state index in [-0.39, 0.29) is 13.6 Å². The van der Waals surface area contributed by atoms with Crippen LogP contribution < -0.4 is 18.9 Å². The average Bonchev–Trinajstić information content (AvgIpc) is 3.46. The zero-order valence-corrected chi connectivity index (χ0v) is 18.6.